The van der Waals surface area contributed by atoms with Gasteiger partial charge in [-0.25, -0.2) is 8.42 Å². The fraction of sp³-hybridized carbons (Fsp3) is 0.0857. The van der Waals surface area contributed by atoms with Crippen molar-refractivity contribution in [2.24, 2.45) is 5.73 Å². The molecule has 222 valence electrons. The van der Waals surface area contributed by atoms with Crippen molar-refractivity contribution < 1.29 is 18.0 Å². The van der Waals surface area contributed by atoms with Gasteiger partial charge in [-0.05, 0) is 53.1 Å². The van der Waals surface area contributed by atoms with Crippen molar-refractivity contribution in [3.8, 4) is 0 Å². The van der Waals surface area contributed by atoms with Crippen LogP contribution >= 0.6 is 11.8 Å². The molecular formula is C35H31N3O4S2. The molecular weight excluding hydrogens is 591 g/mol. The van der Waals surface area contributed by atoms with Gasteiger partial charge >= 0.3 is 0 Å². The number of carbonyl (C=O) groups excluding carboxylic acids is 2. The SMILES string of the molecule is NC(=O)[C@H](CSC(c1ccccc1)(c1ccccc1)c1ccccc1)NS(=O)(=O)c1ccc(NC(=O)c2ccccc2)cc1. The molecule has 0 spiro atoms. The first-order chi connectivity index (χ1) is 21.3. The van der Waals surface area contributed by atoms with E-state index in [-0.39, 0.29) is 16.6 Å². The second kappa shape index (κ2) is 13.7. The van der Waals surface area contributed by atoms with Crippen molar-refractivity contribution in [1.29, 1.82) is 0 Å². The van der Waals surface area contributed by atoms with Crippen LogP contribution in [0.1, 0.15) is 27.0 Å². The monoisotopic (exact) mass is 621 g/mol. The van der Waals surface area contributed by atoms with Crippen LogP contribution in [-0.2, 0) is 19.6 Å². The maximum absolute atomic E-state index is 13.4. The topological polar surface area (TPSA) is 118 Å². The molecule has 0 aliphatic carbocycles. The number of primary amides is 1. The van der Waals surface area contributed by atoms with Crippen LogP contribution < -0.4 is 15.8 Å². The lowest BCUT2D eigenvalue weighted by molar-refractivity contribution is -0.119. The molecule has 0 radical (unpaired) electrons. The van der Waals surface area contributed by atoms with Crippen molar-refractivity contribution in [2.45, 2.75) is 15.7 Å². The standard InChI is InChI=1S/C35H31N3O4S2/c36-33(39)32(38-44(41,42)31-23-21-30(22-24-31)37-34(40)26-13-5-1-6-14-26)25-43-35(27-15-7-2-8-16-27,28-17-9-3-10-18-28)29-19-11-4-12-20-29/h1-24,32,38H,25H2,(H2,36,39)(H,37,40)/t32-/m0/s1. The maximum Gasteiger partial charge on any atom is 0.255 e. The molecule has 5 rings (SSSR count). The number of thioether (sulfide) groups is 1. The van der Waals surface area contributed by atoms with Crippen LogP contribution in [0.25, 0.3) is 0 Å². The van der Waals surface area contributed by atoms with Gasteiger partial charge in [0.05, 0.1) is 9.64 Å². The van der Waals surface area contributed by atoms with Gasteiger partial charge < -0.3 is 11.1 Å². The molecule has 0 bridgehead atoms. The summed E-state index contributed by atoms with van der Waals surface area (Å²) in [5, 5.41) is 2.75. The summed E-state index contributed by atoms with van der Waals surface area (Å²) in [6, 6.07) is 42.9. The lowest BCUT2D eigenvalue weighted by Crippen LogP contribution is -2.47. The number of nitrogens with one attached hydrogen (secondary N) is 2. The average Bonchev–Trinajstić information content (AvgIpc) is 3.06. The molecule has 0 aromatic heterocycles. The van der Waals surface area contributed by atoms with E-state index in [0.717, 1.165) is 16.7 Å². The molecule has 0 aliphatic rings. The fourth-order valence-electron chi connectivity index (χ4n) is 4.92. The average molecular weight is 622 g/mol. The van der Waals surface area contributed by atoms with Gasteiger partial charge in [0.1, 0.15) is 6.04 Å². The predicted octanol–water partition coefficient (Wildman–Crippen LogP) is 5.80. The molecule has 0 unspecified atom stereocenters. The van der Waals surface area contributed by atoms with Gasteiger partial charge in [0.25, 0.3) is 5.91 Å². The third-order valence-corrected chi connectivity index (χ3v) is 10.2. The third-order valence-electron chi connectivity index (χ3n) is 7.11. The quantitative estimate of drug-likeness (QED) is 0.152. The zero-order valence-corrected chi connectivity index (χ0v) is 25.3. The Balaban J connectivity index is 1.40. The van der Waals surface area contributed by atoms with E-state index in [1.165, 1.54) is 36.0 Å². The Morgan fingerprint density at radius 2 is 1.09 bits per heavy atom. The maximum atomic E-state index is 13.4. The summed E-state index contributed by atoms with van der Waals surface area (Å²) in [5.74, 6) is -1.06. The van der Waals surface area contributed by atoms with E-state index in [9.17, 15) is 18.0 Å². The second-order valence-electron chi connectivity index (χ2n) is 10.0. The number of amides is 2. The smallest absolute Gasteiger partial charge is 0.255 e. The highest BCUT2D eigenvalue weighted by Gasteiger charge is 2.38. The van der Waals surface area contributed by atoms with E-state index in [0.29, 0.717) is 11.3 Å². The van der Waals surface area contributed by atoms with Gasteiger partial charge in [-0.1, -0.05) is 109 Å². The largest absolute Gasteiger partial charge is 0.368 e. The first kappa shape index (κ1) is 30.7. The van der Waals surface area contributed by atoms with Crippen molar-refractivity contribution >= 4 is 39.3 Å². The highest BCUT2D eigenvalue weighted by Crippen LogP contribution is 2.48. The van der Waals surface area contributed by atoms with Crippen LogP contribution in [0.2, 0.25) is 0 Å². The van der Waals surface area contributed by atoms with E-state index >= 15 is 0 Å². The molecule has 5 aromatic rings. The van der Waals surface area contributed by atoms with Crippen LogP contribution in [0, 0.1) is 0 Å². The van der Waals surface area contributed by atoms with E-state index < -0.39 is 26.7 Å². The Morgan fingerprint density at radius 1 is 0.659 bits per heavy atom. The van der Waals surface area contributed by atoms with Crippen LogP contribution in [-0.4, -0.2) is 32.0 Å². The molecule has 2 amide bonds. The molecule has 44 heavy (non-hydrogen) atoms. The summed E-state index contributed by atoms with van der Waals surface area (Å²) in [5.41, 5.74) is 9.60. The van der Waals surface area contributed by atoms with E-state index in [4.69, 9.17) is 5.73 Å². The number of rotatable bonds is 12. The summed E-state index contributed by atoms with van der Waals surface area (Å²) in [6.45, 7) is 0. The number of hydrogen-bond donors (Lipinski definition) is 3. The van der Waals surface area contributed by atoms with Crippen molar-refractivity contribution in [1.82, 2.24) is 4.72 Å². The minimum atomic E-state index is -4.14. The number of nitrogens with two attached hydrogens (primary N) is 1. The molecule has 0 saturated heterocycles. The van der Waals surface area contributed by atoms with Crippen molar-refractivity contribution in [3.05, 3.63) is 168 Å². The summed E-state index contributed by atoms with van der Waals surface area (Å²) in [4.78, 5) is 25.1. The minimum absolute atomic E-state index is 0.0540. The van der Waals surface area contributed by atoms with Gasteiger partial charge in [0.15, 0.2) is 0 Å². The number of sulfonamides is 1. The zero-order chi connectivity index (χ0) is 31.0. The Kier molecular flexibility index (Phi) is 9.59. The Labute approximate surface area is 261 Å². The zero-order valence-electron chi connectivity index (χ0n) is 23.7. The molecule has 5 aromatic carbocycles. The molecule has 7 nitrogen and oxygen atoms in total. The Morgan fingerprint density at radius 3 is 1.52 bits per heavy atom. The summed E-state index contributed by atoms with van der Waals surface area (Å²) >= 11 is 1.43. The molecule has 9 heteroatoms. The van der Waals surface area contributed by atoms with Crippen LogP contribution in [0.4, 0.5) is 5.69 Å². The number of hydrogen-bond acceptors (Lipinski definition) is 5. The summed E-state index contributed by atoms with van der Waals surface area (Å²) < 4.78 is 28.6. The van der Waals surface area contributed by atoms with Crippen LogP contribution in [0.3, 0.4) is 0 Å². The first-order valence-electron chi connectivity index (χ1n) is 13.9. The minimum Gasteiger partial charge on any atom is -0.368 e. The molecule has 0 fully saturated rings. The lowest BCUT2D eigenvalue weighted by Gasteiger charge is -2.36. The van der Waals surface area contributed by atoms with Crippen molar-refractivity contribution in [3.63, 3.8) is 0 Å². The van der Waals surface area contributed by atoms with Gasteiger partial charge in [0, 0.05) is 17.0 Å². The lowest BCUT2D eigenvalue weighted by atomic mass is 9.84. The van der Waals surface area contributed by atoms with Gasteiger partial charge in [0.2, 0.25) is 15.9 Å². The fourth-order valence-corrected chi connectivity index (χ4v) is 7.80. The number of benzene rings is 5. The first-order valence-corrected chi connectivity index (χ1v) is 16.3. The highest BCUT2D eigenvalue weighted by molar-refractivity contribution is 8.00. The Hall–Kier alpha value is -4.70. The number of carbonyl (C=O) groups is 2. The van der Waals surface area contributed by atoms with Crippen molar-refractivity contribution in [2.75, 3.05) is 11.1 Å². The predicted molar refractivity (Wildman–Crippen MR) is 176 cm³/mol. The van der Waals surface area contributed by atoms with E-state index in [1.54, 1.807) is 24.3 Å². The molecule has 1 atom stereocenters. The van der Waals surface area contributed by atoms with Crippen LogP contribution in [0.5, 0.6) is 0 Å². The Bertz CT molecular complexity index is 1710. The molecule has 0 aliphatic heterocycles. The molecule has 0 heterocycles. The summed E-state index contributed by atoms with van der Waals surface area (Å²) in [6.07, 6.45) is 0. The van der Waals surface area contributed by atoms with Crippen LogP contribution in [0.15, 0.2) is 150 Å². The second-order valence-corrected chi connectivity index (χ2v) is 13.0. The normalized spacial score (nSPS) is 12.3. The molecule has 4 N–H and O–H groups in total. The van der Waals surface area contributed by atoms with Gasteiger partial charge in [-0.15, -0.1) is 11.8 Å². The van der Waals surface area contributed by atoms with E-state index in [2.05, 4.69) is 10.0 Å². The summed E-state index contributed by atoms with van der Waals surface area (Å²) in [7, 11) is -4.14. The number of anilines is 1. The molecule has 0 saturated carbocycles. The van der Waals surface area contributed by atoms with Gasteiger partial charge in [-0.3, -0.25) is 9.59 Å². The highest BCUT2D eigenvalue weighted by atomic mass is 32.2. The van der Waals surface area contributed by atoms with E-state index in [1.807, 2.05) is 97.1 Å². The van der Waals surface area contributed by atoms with Gasteiger partial charge in [-0.2, -0.15) is 4.72 Å². The third kappa shape index (κ3) is 6.92.